The standard InChI is InChI=1S/C19H23FN2O4S/c1-12-11-17(9-10-18(12)26-4)27(24,25)22-14(3)19(23)21-13(2)15-5-7-16(20)8-6-15/h5-11,13-14,22H,1-4H3,(H,21,23)/t13-,14-/m0/s1. The first kappa shape index (κ1) is 20.9. The highest BCUT2D eigenvalue weighted by molar-refractivity contribution is 7.89. The lowest BCUT2D eigenvalue weighted by molar-refractivity contribution is -0.123. The molecule has 2 aromatic rings. The number of sulfonamides is 1. The Morgan fingerprint density at radius 3 is 2.30 bits per heavy atom. The van der Waals surface area contributed by atoms with Gasteiger partial charge in [-0.05, 0) is 62.2 Å². The minimum Gasteiger partial charge on any atom is -0.496 e. The molecule has 0 radical (unpaired) electrons. The number of methoxy groups -OCH3 is 1. The average Bonchev–Trinajstić information content (AvgIpc) is 2.61. The van der Waals surface area contributed by atoms with Crippen LogP contribution in [0.15, 0.2) is 47.4 Å². The Morgan fingerprint density at radius 1 is 1.11 bits per heavy atom. The van der Waals surface area contributed by atoms with Crippen LogP contribution in [0.4, 0.5) is 4.39 Å². The number of nitrogens with one attached hydrogen (secondary N) is 2. The van der Waals surface area contributed by atoms with Crippen LogP contribution in [0.25, 0.3) is 0 Å². The molecule has 0 heterocycles. The number of benzene rings is 2. The zero-order valence-electron chi connectivity index (χ0n) is 15.6. The first-order chi connectivity index (χ1) is 12.6. The SMILES string of the molecule is COc1ccc(S(=O)(=O)N[C@@H](C)C(=O)N[C@@H](C)c2ccc(F)cc2)cc1C. The molecule has 1 amide bonds. The number of rotatable bonds is 7. The van der Waals surface area contributed by atoms with Crippen molar-refractivity contribution < 1.29 is 22.3 Å². The van der Waals surface area contributed by atoms with Crippen LogP contribution in [0, 0.1) is 12.7 Å². The van der Waals surface area contributed by atoms with E-state index in [1.807, 2.05) is 0 Å². The van der Waals surface area contributed by atoms with E-state index in [1.165, 1.54) is 38.3 Å². The maximum atomic E-state index is 13.0. The van der Waals surface area contributed by atoms with Crippen molar-refractivity contribution in [1.82, 2.24) is 10.0 Å². The second-order valence-corrected chi connectivity index (χ2v) is 7.97. The number of hydrogen-bond donors (Lipinski definition) is 2. The van der Waals surface area contributed by atoms with E-state index < -0.39 is 28.0 Å². The quantitative estimate of drug-likeness (QED) is 0.756. The summed E-state index contributed by atoms with van der Waals surface area (Å²) in [5.41, 5.74) is 1.38. The molecule has 2 atom stereocenters. The zero-order chi connectivity index (χ0) is 20.2. The van der Waals surface area contributed by atoms with Gasteiger partial charge in [0.25, 0.3) is 0 Å². The van der Waals surface area contributed by atoms with E-state index in [-0.39, 0.29) is 10.7 Å². The van der Waals surface area contributed by atoms with E-state index in [1.54, 1.807) is 32.0 Å². The van der Waals surface area contributed by atoms with Gasteiger partial charge in [0, 0.05) is 0 Å². The minimum absolute atomic E-state index is 0.0482. The normalized spacial score (nSPS) is 13.7. The van der Waals surface area contributed by atoms with Crippen molar-refractivity contribution in [3.8, 4) is 5.75 Å². The van der Waals surface area contributed by atoms with Gasteiger partial charge < -0.3 is 10.1 Å². The van der Waals surface area contributed by atoms with Crippen LogP contribution in [0.3, 0.4) is 0 Å². The Morgan fingerprint density at radius 2 is 1.74 bits per heavy atom. The van der Waals surface area contributed by atoms with E-state index in [9.17, 15) is 17.6 Å². The fraction of sp³-hybridized carbons (Fsp3) is 0.316. The number of amides is 1. The van der Waals surface area contributed by atoms with Gasteiger partial charge in [0.05, 0.1) is 24.1 Å². The number of hydrogen-bond acceptors (Lipinski definition) is 4. The van der Waals surface area contributed by atoms with Crippen LogP contribution in [0.5, 0.6) is 5.75 Å². The lowest BCUT2D eigenvalue weighted by Gasteiger charge is -2.19. The molecule has 2 N–H and O–H groups in total. The van der Waals surface area contributed by atoms with Crippen molar-refractivity contribution in [1.29, 1.82) is 0 Å². The maximum absolute atomic E-state index is 13.0. The highest BCUT2D eigenvalue weighted by Gasteiger charge is 2.23. The first-order valence-corrected chi connectivity index (χ1v) is 9.85. The number of carbonyl (C=O) groups excluding carboxylic acids is 1. The molecule has 0 aliphatic carbocycles. The second kappa shape index (κ2) is 8.49. The molecule has 0 aliphatic rings. The Kier molecular flexibility index (Phi) is 6.56. The summed E-state index contributed by atoms with van der Waals surface area (Å²) in [5.74, 6) is -0.276. The number of carbonyl (C=O) groups is 1. The molecule has 0 saturated heterocycles. The van der Waals surface area contributed by atoms with E-state index >= 15 is 0 Å². The lowest BCUT2D eigenvalue weighted by atomic mass is 10.1. The Labute approximate surface area is 158 Å². The zero-order valence-corrected chi connectivity index (χ0v) is 16.4. The third-order valence-electron chi connectivity index (χ3n) is 4.13. The van der Waals surface area contributed by atoms with Gasteiger partial charge in [-0.25, -0.2) is 12.8 Å². The number of ether oxygens (including phenoxy) is 1. The smallest absolute Gasteiger partial charge is 0.241 e. The molecule has 6 nitrogen and oxygen atoms in total. The average molecular weight is 394 g/mol. The van der Waals surface area contributed by atoms with Gasteiger partial charge in [-0.2, -0.15) is 4.72 Å². The highest BCUT2D eigenvalue weighted by Crippen LogP contribution is 2.21. The minimum atomic E-state index is -3.87. The summed E-state index contributed by atoms with van der Waals surface area (Å²) < 4.78 is 45.5. The molecule has 2 aromatic carbocycles. The number of aryl methyl sites for hydroxylation is 1. The van der Waals surface area contributed by atoms with Gasteiger partial charge in [-0.3, -0.25) is 4.79 Å². The van der Waals surface area contributed by atoms with Crippen molar-refractivity contribution >= 4 is 15.9 Å². The third kappa shape index (κ3) is 5.27. The van der Waals surface area contributed by atoms with Gasteiger partial charge in [0.1, 0.15) is 11.6 Å². The molecular weight excluding hydrogens is 371 g/mol. The van der Waals surface area contributed by atoms with Crippen molar-refractivity contribution in [3.05, 3.63) is 59.4 Å². The summed E-state index contributed by atoms with van der Waals surface area (Å²) >= 11 is 0. The topological polar surface area (TPSA) is 84.5 Å². The molecular formula is C19H23FN2O4S. The van der Waals surface area contributed by atoms with Crippen molar-refractivity contribution in [3.63, 3.8) is 0 Å². The molecule has 27 heavy (non-hydrogen) atoms. The molecule has 0 spiro atoms. The van der Waals surface area contributed by atoms with E-state index in [4.69, 9.17) is 4.74 Å². The monoisotopic (exact) mass is 394 g/mol. The Hall–Kier alpha value is -2.45. The molecule has 2 rings (SSSR count). The van der Waals surface area contributed by atoms with Crippen molar-refractivity contribution in [2.24, 2.45) is 0 Å². The molecule has 0 saturated carbocycles. The predicted octanol–water partition coefficient (Wildman–Crippen LogP) is 2.69. The summed E-state index contributed by atoms with van der Waals surface area (Å²) in [6, 6.07) is 8.81. The van der Waals surface area contributed by atoms with Crippen LogP contribution in [0.1, 0.15) is 31.0 Å². The van der Waals surface area contributed by atoms with Crippen molar-refractivity contribution in [2.45, 2.75) is 37.8 Å². The Bertz CT molecular complexity index is 914. The highest BCUT2D eigenvalue weighted by atomic mass is 32.2. The molecule has 0 bridgehead atoms. The van der Waals surface area contributed by atoms with Crippen LogP contribution in [-0.4, -0.2) is 27.5 Å². The fourth-order valence-corrected chi connectivity index (χ4v) is 3.83. The summed E-state index contributed by atoms with van der Waals surface area (Å²) in [5, 5.41) is 2.71. The largest absolute Gasteiger partial charge is 0.496 e. The first-order valence-electron chi connectivity index (χ1n) is 8.37. The van der Waals surface area contributed by atoms with Crippen molar-refractivity contribution in [2.75, 3.05) is 7.11 Å². The van der Waals surface area contributed by atoms with Crippen LogP contribution in [0.2, 0.25) is 0 Å². The molecule has 0 unspecified atom stereocenters. The molecule has 0 fully saturated rings. The van der Waals surface area contributed by atoms with Crippen LogP contribution >= 0.6 is 0 Å². The van der Waals surface area contributed by atoms with E-state index in [2.05, 4.69) is 10.0 Å². The second-order valence-electron chi connectivity index (χ2n) is 6.26. The molecule has 0 aliphatic heterocycles. The number of halogens is 1. The molecule has 146 valence electrons. The van der Waals surface area contributed by atoms with Gasteiger partial charge in [0.2, 0.25) is 15.9 Å². The third-order valence-corrected chi connectivity index (χ3v) is 5.67. The summed E-state index contributed by atoms with van der Waals surface area (Å²) in [6.45, 7) is 4.93. The molecule has 8 heteroatoms. The van der Waals surface area contributed by atoms with Gasteiger partial charge in [0.15, 0.2) is 0 Å². The predicted molar refractivity (Wildman–Crippen MR) is 100 cm³/mol. The maximum Gasteiger partial charge on any atom is 0.241 e. The van der Waals surface area contributed by atoms with E-state index in [0.717, 1.165) is 0 Å². The summed E-state index contributed by atoms with van der Waals surface area (Å²) in [4.78, 5) is 12.4. The Balaban J connectivity index is 2.06. The summed E-state index contributed by atoms with van der Waals surface area (Å²) in [7, 11) is -2.37. The van der Waals surface area contributed by atoms with Gasteiger partial charge >= 0.3 is 0 Å². The lowest BCUT2D eigenvalue weighted by Crippen LogP contribution is -2.45. The van der Waals surface area contributed by atoms with Gasteiger partial charge in [-0.15, -0.1) is 0 Å². The fourth-order valence-electron chi connectivity index (χ4n) is 2.55. The van der Waals surface area contributed by atoms with Crippen LogP contribution in [-0.2, 0) is 14.8 Å². The molecule has 0 aromatic heterocycles. The van der Waals surface area contributed by atoms with Crippen LogP contribution < -0.4 is 14.8 Å². The van der Waals surface area contributed by atoms with E-state index in [0.29, 0.717) is 16.9 Å². The van der Waals surface area contributed by atoms with Gasteiger partial charge in [-0.1, -0.05) is 12.1 Å². The summed E-state index contributed by atoms with van der Waals surface area (Å²) in [6.07, 6.45) is 0.